The van der Waals surface area contributed by atoms with E-state index in [2.05, 4.69) is 0 Å². The Hall–Kier alpha value is -3.65. The molecule has 0 saturated heterocycles. The van der Waals surface area contributed by atoms with E-state index in [1.54, 1.807) is 7.05 Å². The molecule has 4 rings (SSSR count). The molecule has 4 aromatic rings. The van der Waals surface area contributed by atoms with Gasteiger partial charge in [-0.05, 0) is 29.3 Å². The quantitative estimate of drug-likeness (QED) is 0.423. The van der Waals surface area contributed by atoms with Crippen LogP contribution in [0.2, 0.25) is 0 Å². The number of fused-ring (bicyclic) bond motifs is 1. The van der Waals surface area contributed by atoms with E-state index in [1.807, 2.05) is 73.6 Å². The molecule has 2 heterocycles. The lowest BCUT2D eigenvalue weighted by Gasteiger charge is -2.13. The lowest BCUT2D eigenvalue weighted by Crippen LogP contribution is -2.38. The molecule has 2 aromatic heterocycles. The van der Waals surface area contributed by atoms with E-state index >= 15 is 0 Å². The van der Waals surface area contributed by atoms with E-state index in [1.165, 1.54) is 15.2 Å². The Morgan fingerprint density at radius 1 is 1.00 bits per heavy atom. The average Bonchev–Trinajstić information content (AvgIpc) is 3.26. The lowest BCUT2D eigenvalue weighted by atomic mass is 10.2. The van der Waals surface area contributed by atoms with Crippen molar-refractivity contribution in [3.05, 3.63) is 97.5 Å². The van der Waals surface area contributed by atoms with Crippen LogP contribution in [0.1, 0.15) is 20.8 Å². The van der Waals surface area contributed by atoms with Crippen molar-refractivity contribution in [3.8, 4) is 0 Å². The Bertz CT molecular complexity index is 1380. The summed E-state index contributed by atoms with van der Waals surface area (Å²) in [5.74, 6) is -0.521. The van der Waals surface area contributed by atoms with Gasteiger partial charge >= 0.3 is 11.7 Å². The summed E-state index contributed by atoms with van der Waals surface area (Å²) in [7, 11) is 5.50. The van der Waals surface area contributed by atoms with E-state index in [-0.39, 0.29) is 18.0 Å². The Morgan fingerprint density at radius 2 is 1.69 bits per heavy atom. The van der Waals surface area contributed by atoms with Crippen molar-refractivity contribution in [1.29, 1.82) is 0 Å². The monoisotopic (exact) mass is 449 g/mol. The highest BCUT2D eigenvalue weighted by molar-refractivity contribution is 7.20. The standard InChI is InChI=1S/C24H23N3O4S/c1-25(2)18-11-9-16(10-12-18)14-27-21(28)19-13-20(32-22(19)26(3)24(27)30)23(29)31-15-17-7-5-4-6-8-17/h4-13H,14-15H2,1-3H3. The van der Waals surface area contributed by atoms with Crippen LogP contribution in [0.15, 0.2) is 70.3 Å². The summed E-state index contributed by atoms with van der Waals surface area (Å²) in [6.45, 7) is 0.290. The molecule has 0 aliphatic rings. The zero-order valence-electron chi connectivity index (χ0n) is 18.1. The van der Waals surface area contributed by atoms with Gasteiger partial charge in [0.05, 0.1) is 11.9 Å². The van der Waals surface area contributed by atoms with Crippen molar-refractivity contribution in [2.75, 3.05) is 19.0 Å². The molecule has 0 atom stereocenters. The summed E-state index contributed by atoms with van der Waals surface area (Å²) >= 11 is 1.09. The van der Waals surface area contributed by atoms with Gasteiger partial charge in [-0.25, -0.2) is 9.59 Å². The summed E-state index contributed by atoms with van der Waals surface area (Å²) in [5, 5.41) is 0.327. The van der Waals surface area contributed by atoms with Gasteiger partial charge in [-0.1, -0.05) is 42.5 Å². The first-order chi connectivity index (χ1) is 15.3. The molecular formula is C24H23N3O4S. The maximum absolute atomic E-state index is 13.1. The normalized spacial score (nSPS) is 11.0. The number of hydrogen-bond acceptors (Lipinski definition) is 6. The molecule has 0 bridgehead atoms. The van der Waals surface area contributed by atoms with Crippen LogP contribution in [0.3, 0.4) is 0 Å². The Balaban J connectivity index is 1.64. The van der Waals surface area contributed by atoms with Gasteiger partial charge < -0.3 is 9.64 Å². The summed E-state index contributed by atoms with van der Waals surface area (Å²) in [6.07, 6.45) is 0. The number of ether oxygens (including phenoxy) is 1. The smallest absolute Gasteiger partial charge is 0.348 e. The van der Waals surface area contributed by atoms with Crippen molar-refractivity contribution in [2.24, 2.45) is 7.05 Å². The van der Waals surface area contributed by atoms with Crippen molar-refractivity contribution >= 4 is 33.2 Å². The maximum Gasteiger partial charge on any atom is 0.348 e. The zero-order valence-corrected chi connectivity index (χ0v) is 18.9. The topological polar surface area (TPSA) is 73.5 Å². The van der Waals surface area contributed by atoms with Crippen LogP contribution in [0.5, 0.6) is 0 Å². The van der Waals surface area contributed by atoms with Crippen LogP contribution in [0.25, 0.3) is 10.2 Å². The fraction of sp³-hybridized carbons (Fsp3) is 0.208. The van der Waals surface area contributed by atoms with Gasteiger partial charge in [-0.2, -0.15) is 0 Å². The first-order valence-electron chi connectivity index (χ1n) is 10.1. The number of thiophene rings is 1. The SMILES string of the molecule is CN(C)c1ccc(Cn2c(=O)c3cc(C(=O)OCc4ccccc4)sc3n(C)c2=O)cc1. The molecule has 0 aliphatic carbocycles. The minimum Gasteiger partial charge on any atom is -0.457 e. The van der Waals surface area contributed by atoms with Crippen LogP contribution in [-0.4, -0.2) is 29.2 Å². The van der Waals surface area contributed by atoms with Gasteiger partial charge in [0, 0.05) is 26.8 Å². The van der Waals surface area contributed by atoms with E-state index in [0.717, 1.165) is 28.2 Å². The minimum atomic E-state index is -0.521. The minimum absolute atomic E-state index is 0.139. The van der Waals surface area contributed by atoms with Crippen LogP contribution in [0.4, 0.5) is 5.69 Å². The predicted octanol–water partition coefficient (Wildman–Crippen LogP) is 3.23. The molecule has 0 spiro atoms. The highest BCUT2D eigenvalue weighted by Gasteiger charge is 2.19. The summed E-state index contributed by atoms with van der Waals surface area (Å²) in [6, 6.07) is 18.5. The van der Waals surface area contributed by atoms with Gasteiger partial charge in [0.25, 0.3) is 5.56 Å². The fourth-order valence-corrected chi connectivity index (χ4v) is 4.40. The Morgan fingerprint density at radius 3 is 2.34 bits per heavy atom. The summed E-state index contributed by atoms with van der Waals surface area (Å²) < 4.78 is 7.98. The second kappa shape index (κ2) is 8.84. The van der Waals surface area contributed by atoms with E-state index in [0.29, 0.717) is 10.2 Å². The van der Waals surface area contributed by atoms with Crippen molar-refractivity contribution in [2.45, 2.75) is 13.2 Å². The molecule has 0 saturated carbocycles. The first-order valence-corrected chi connectivity index (χ1v) is 10.9. The van der Waals surface area contributed by atoms with E-state index in [4.69, 9.17) is 4.74 Å². The molecule has 0 unspecified atom stereocenters. The summed E-state index contributed by atoms with van der Waals surface area (Å²) in [5.41, 5.74) is 1.90. The number of esters is 1. The molecule has 0 N–H and O–H groups in total. The van der Waals surface area contributed by atoms with Crippen molar-refractivity contribution in [1.82, 2.24) is 9.13 Å². The summed E-state index contributed by atoms with van der Waals surface area (Å²) in [4.78, 5) is 41.2. The zero-order chi connectivity index (χ0) is 22.8. The predicted molar refractivity (Wildman–Crippen MR) is 127 cm³/mol. The molecule has 0 fully saturated rings. The molecular weight excluding hydrogens is 426 g/mol. The molecule has 2 aromatic carbocycles. The van der Waals surface area contributed by atoms with Gasteiger partial charge in [0.15, 0.2) is 0 Å². The Labute approximate surface area is 188 Å². The molecule has 0 amide bonds. The van der Waals surface area contributed by atoms with Crippen LogP contribution >= 0.6 is 11.3 Å². The van der Waals surface area contributed by atoms with Gasteiger partial charge in [-0.3, -0.25) is 13.9 Å². The largest absolute Gasteiger partial charge is 0.457 e. The molecule has 32 heavy (non-hydrogen) atoms. The number of aryl methyl sites for hydroxylation is 1. The lowest BCUT2D eigenvalue weighted by molar-refractivity contribution is 0.0478. The number of carbonyl (C=O) groups is 1. The number of hydrogen-bond donors (Lipinski definition) is 0. The van der Waals surface area contributed by atoms with Crippen molar-refractivity contribution in [3.63, 3.8) is 0 Å². The van der Waals surface area contributed by atoms with E-state index in [9.17, 15) is 14.4 Å². The molecule has 0 radical (unpaired) electrons. The molecule has 164 valence electrons. The third kappa shape index (κ3) is 4.22. The molecule has 0 aliphatic heterocycles. The second-order valence-corrected chi connectivity index (χ2v) is 8.72. The Kier molecular flexibility index (Phi) is 5.96. The van der Waals surface area contributed by atoms with Crippen LogP contribution in [0, 0.1) is 0 Å². The van der Waals surface area contributed by atoms with Crippen LogP contribution in [-0.2, 0) is 24.9 Å². The first kappa shape index (κ1) is 21.6. The highest BCUT2D eigenvalue weighted by Crippen LogP contribution is 2.23. The van der Waals surface area contributed by atoms with Gasteiger partial charge in [-0.15, -0.1) is 11.3 Å². The van der Waals surface area contributed by atoms with Gasteiger partial charge in [0.1, 0.15) is 16.3 Å². The van der Waals surface area contributed by atoms with Crippen molar-refractivity contribution < 1.29 is 9.53 Å². The van der Waals surface area contributed by atoms with Gasteiger partial charge in [0.2, 0.25) is 0 Å². The fourth-order valence-electron chi connectivity index (χ4n) is 3.40. The third-order valence-corrected chi connectivity index (χ3v) is 6.41. The number of anilines is 1. The number of rotatable bonds is 6. The third-order valence-electron chi connectivity index (χ3n) is 5.22. The maximum atomic E-state index is 13.1. The number of nitrogens with zero attached hydrogens (tertiary/aromatic N) is 3. The molecule has 7 nitrogen and oxygen atoms in total. The number of benzene rings is 2. The molecule has 8 heteroatoms. The van der Waals surface area contributed by atoms with E-state index < -0.39 is 17.2 Å². The number of aromatic nitrogens is 2. The average molecular weight is 450 g/mol. The highest BCUT2D eigenvalue weighted by atomic mass is 32.1. The number of carbonyl (C=O) groups excluding carboxylic acids is 1. The second-order valence-electron chi connectivity index (χ2n) is 7.68. The van der Waals surface area contributed by atoms with Crippen LogP contribution < -0.4 is 16.1 Å².